The SMILES string of the molecule is COc1cc(Br)c([C@H](C)O)c(OC)c1. The number of hydrogen-bond donors (Lipinski definition) is 1. The Labute approximate surface area is 91.8 Å². The van der Waals surface area contributed by atoms with E-state index in [0.29, 0.717) is 11.5 Å². The van der Waals surface area contributed by atoms with Gasteiger partial charge in [-0.1, -0.05) is 15.9 Å². The van der Waals surface area contributed by atoms with Crippen LogP contribution in [0.15, 0.2) is 16.6 Å². The first-order chi connectivity index (χ1) is 6.60. The minimum absolute atomic E-state index is 0.578. The topological polar surface area (TPSA) is 38.7 Å². The lowest BCUT2D eigenvalue weighted by Gasteiger charge is -2.14. The summed E-state index contributed by atoms with van der Waals surface area (Å²) in [5.41, 5.74) is 0.730. The molecule has 0 amide bonds. The van der Waals surface area contributed by atoms with Crippen LogP contribution in [0.1, 0.15) is 18.6 Å². The third-order valence-electron chi connectivity index (χ3n) is 1.94. The zero-order chi connectivity index (χ0) is 10.7. The van der Waals surface area contributed by atoms with Crippen LogP contribution in [0, 0.1) is 0 Å². The van der Waals surface area contributed by atoms with E-state index in [1.165, 1.54) is 0 Å². The quantitative estimate of drug-likeness (QED) is 0.908. The highest BCUT2D eigenvalue weighted by molar-refractivity contribution is 9.10. The lowest BCUT2D eigenvalue weighted by Crippen LogP contribution is -1.98. The highest BCUT2D eigenvalue weighted by Crippen LogP contribution is 2.36. The average molecular weight is 261 g/mol. The number of benzene rings is 1. The van der Waals surface area contributed by atoms with Crippen LogP contribution in [-0.4, -0.2) is 19.3 Å². The van der Waals surface area contributed by atoms with E-state index < -0.39 is 6.10 Å². The van der Waals surface area contributed by atoms with Gasteiger partial charge in [-0.3, -0.25) is 0 Å². The molecule has 0 spiro atoms. The average Bonchev–Trinajstić information content (AvgIpc) is 2.15. The Morgan fingerprint density at radius 1 is 1.29 bits per heavy atom. The molecular formula is C10H13BrO3. The Kier molecular flexibility index (Phi) is 3.77. The third-order valence-corrected chi connectivity index (χ3v) is 2.59. The van der Waals surface area contributed by atoms with Gasteiger partial charge in [-0.2, -0.15) is 0 Å². The monoisotopic (exact) mass is 260 g/mol. The molecule has 0 aliphatic rings. The summed E-state index contributed by atoms with van der Waals surface area (Å²) in [5.74, 6) is 1.31. The van der Waals surface area contributed by atoms with Gasteiger partial charge in [0, 0.05) is 16.1 Å². The molecule has 1 atom stereocenters. The van der Waals surface area contributed by atoms with Crippen LogP contribution < -0.4 is 9.47 Å². The highest BCUT2D eigenvalue weighted by atomic mass is 79.9. The predicted molar refractivity (Wildman–Crippen MR) is 57.9 cm³/mol. The maximum Gasteiger partial charge on any atom is 0.129 e. The van der Waals surface area contributed by atoms with E-state index in [-0.39, 0.29) is 0 Å². The first kappa shape index (κ1) is 11.3. The van der Waals surface area contributed by atoms with Crippen LogP contribution >= 0.6 is 15.9 Å². The van der Waals surface area contributed by atoms with E-state index >= 15 is 0 Å². The number of methoxy groups -OCH3 is 2. The van der Waals surface area contributed by atoms with Crippen molar-refractivity contribution in [2.24, 2.45) is 0 Å². The van der Waals surface area contributed by atoms with Gasteiger partial charge in [0.05, 0.1) is 20.3 Å². The summed E-state index contributed by atoms with van der Waals surface area (Å²) in [5, 5.41) is 9.53. The largest absolute Gasteiger partial charge is 0.497 e. The summed E-state index contributed by atoms with van der Waals surface area (Å²) in [6.45, 7) is 1.69. The molecule has 0 bridgehead atoms. The summed E-state index contributed by atoms with van der Waals surface area (Å²) >= 11 is 3.36. The molecule has 0 heterocycles. The van der Waals surface area contributed by atoms with E-state index in [1.807, 2.05) is 0 Å². The second-order valence-corrected chi connectivity index (χ2v) is 3.76. The minimum atomic E-state index is -0.578. The molecule has 1 rings (SSSR count). The van der Waals surface area contributed by atoms with Gasteiger partial charge in [0.15, 0.2) is 0 Å². The Balaban J connectivity index is 3.27. The second-order valence-electron chi connectivity index (χ2n) is 2.90. The van der Waals surface area contributed by atoms with E-state index in [1.54, 1.807) is 33.3 Å². The van der Waals surface area contributed by atoms with E-state index in [9.17, 15) is 5.11 Å². The van der Waals surface area contributed by atoms with Crippen molar-refractivity contribution in [2.45, 2.75) is 13.0 Å². The maximum absolute atomic E-state index is 9.53. The number of hydrogen-bond acceptors (Lipinski definition) is 3. The molecule has 1 aromatic rings. The van der Waals surface area contributed by atoms with Gasteiger partial charge in [0.1, 0.15) is 11.5 Å². The molecule has 0 fully saturated rings. The molecular weight excluding hydrogens is 248 g/mol. The fraction of sp³-hybridized carbons (Fsp3) is 0.400. The van der Waals surface area contributed by atoms with Crippen molar-refractivity contribution in [2.75, 3.05) is 14.2 Å². The van der Waals surface area contributed by atoms with Crippen molar-refractivity contribution in [3.05, 3.63) is 22.2 Å². The molecule has 4 heteroatoms. The van der Waals surface area contributed by atoms with Crippen LogP contribution in [0.2, 0.25) is 0 Å². The molecule has 0 aliphatic heterocycles. The molecule has 1 N–H and O–H groups in total. The van der Waals surface area contributed by atoms with Crippen molar-refractivity contribution in [1.82, 2.24) is 0 Å². The van der Waals surface area contributed by atoms with E-state index in [0.717, 1.165) is 10.0 Å². The van der Waals surface area contributed by atoms with Crippen LogP contribution in [0.4, 0.5) is 0 Å². The molecule has 3 nitrogen and oxygen atoms in total. The lowest BCUT2D eigenvalue weighted by atomic mass is 10.1. The first-order valence-corrected chi connectivity index (χ1v) is 4.99. The van der Waals surface area contributed by atoms with Gasteiger partial charge in [0.2, 0.25) is 0 Å². The Hall–Kier alpha value is -0.740. The number of ether oxygens (including phenoxy) is 2. The molecule has 14 heavy (non-hydrogen) atoms. The molecule has 0 radical (unpaired) electrons. The second kappa shape index (κ2) is 4.66. The maximum atomic E-state index is 9.53. The molecule has 0 unspecified atom stereocenters. The fourth-order valence-electron chi connectivity index (χ4n) is 1.26. The standard InChI is InChI=1S/C10H13BrO3/c1-6(12)10-8(11)4-7(13-2)5-9(10)14-3/h4-6,12H,1-3H3/t6-/m0/s1. The van der Waals surface area contributed by atoms with E-state index in [4.69, 9.17) is 9.47 Å². The van der Waals surface area contributed by atoms with Crippen LogP contribution in [0.25, 0.3) is 0 Å². The van der Waals surface area contributed by atoms with Crippen LogP contribution in [-0.2, 0) is 0 Å². The lowest BCUT2D eigenvalue weighted by molar-refractivity contribution is 0.193. The Morgan fingerprint density at radius 3 is 2.36 bits per heavy atom. The summed E-state index contributed by atoms with van der Waals surface area (Å²) in [4.78, 5) is 0. The van der Waals surface area contributed by atoms with Gasteiger partial charge < -0.3 is 14.6 Å². The van der Waals surface area contributed by atoms with Crippen LogP contribution in [0.3, 0.4) is 0 Å². The molecule has 78 valence electrons. The molecule has 0 saturated carbocycles. The molecule has 0 saturated heterocycles. The van der Waals surface area contributed by atoms with Crippen molar-refractivity contribution in [3.63, 3.8) is 0 Å². The number of aliphatic hydroxyl groups is 1. The van der Waals surface area contributed by atoms with Gasteiger partial charge in [-0.15, -0.1) is 0 Å². The van der Waals surface area contributed by atoms with Crippen molar-refractivity contribution in [1.29, 1.82) is 0 Å². The van der Waals surface area contributed by atoms with Gasteiger partial charge in [-0.05, 0) is 13.0 Å². The van der Waals surface area contributed by atoms with Crippen molar-refractivity contribution >= 4 is 15.9 Å². The molecule has 0 aliphatic carbocycles. The number of halogens is 1. The highest BCUT2D eigenvalue weighted by Gasteiger charge is 2.14. The van der Waals surface area contributed by atoms with E-state index in [2.05, 4.69) is 15.9 Å². The normalized spacial score (nSPS) is 12.4. The van der Waals surface area contributed by atoms with Gasteiger partial charge in [-0.25, -0.2) is 0 Å². The van der Waals surface area contributed by atoms with Gasteiger partial charge in [0.25, 0.3) is 0 Å². The first-order valence-electron chi connectivity index (χ1n) is 4.19. The summed E-state index contributed by atoms with van der Waals surface area (Å²) in [6.07, 6.45) is -0.578. The Morgan fingerprint density at radius 2 is 1.93 bits per heavy atom. The number of aliphatic hydroxyl groups excluding tert-OH is 1. The smallest absolute Gasteiger partial charge is 0.129 e. The summed E-state index contributed by atoms with van der Waals surface area (Å²) in [6, 6.07) is 3.54. The predicted octanol–water partition coefficient (Wildman–Crippen LogP) is 2.52. The zero-order valence-electron chi connectivity index (χ0n) is 8.37. The van der Waals surface area contributed by atoms with Gasteiger partial charge >= 0.3 is 0 Å². The Bertz CT molecular complexity index is 323. The van der Waals surface area contributed by atoms with Crippen molar-refractivity contribution in [3.8, 4) is 11.5 Å². The fourth-order valence-corrected chi connectivity index (χ4v) is 2.01. The summed E-state index contributed by atoms with van der Waals surface area (Å²) < 4.78 is 11.0. The van der Waals surface area contributed by atoms with Crippen LogP contribution in [0.5, 0.6) is 11.5 Å². The summed E-state index contributed by atoms with van der Waals surface area (Å²) in [7, 11) is 3.15. The third kappa shape index (κ3) is 2.19. The zero-order valence-corrected chi connectivity index (χ0v) is 9.96. The molecule has 1 aromatic carbocycles. The minimum Gasteiger partial charge on any atom is -0.497 e. The van der Waals surface area contributed by atoms with Crippen molar-refractivity contribution < 1.29 is 14.6 Å². The molecule has 0 aromatic heterocycles. The number of rotatable bonds is 3.